The third kappa shape index (κ3) is 2.87. The van der Waals surface area contributed by atoms with E-state index in [1.165, 1.54) is 0 Å². The summed E-state index contributed by atoms with van der Waals surface area (Å²) in [6.45, 7) is 7.97. The molecule has 0 aliphatic rings. The number of rotatable bonds is 4. The second-order valence-corrected chi connectivity index (χ2v) is 6.78. The van der Waals surface area contributed by atoms with Gasteiger partial charge >= 0.3 is 5.97 Å². The molecule has 0 amide bonds. The second-order valence-electron chi connectivity index (χ2n) is 5.86. The number of carbonyl (C=O) groups is 1. The number of carboxylic acids is 1. The summed E-state index contributed by atoms with van der Waals surface area (Å²) in [5.41, 5.74) is 0.835. The van der Waals surface area contributed by atoms with Crippen molar-refractivity contribution < 1.29 is 9.90 Å². The summed E-state index contributed by atoms with van der Waals surface area (Å²) < 4.78 is 1.65. The zero-order chi connectivity index (χ0) is 14.9. The largest absolute Gasteiger partial charge is 0.481 e. The van der Waals surface area contributed by atoms with Crippen LogP contribution in [-0.4, -0.2) is 31.3 Å². The Bertz CT molecular complexity index is 612. The number of nitrogens with zero attached hydrogens (tertiary/aromatic N) is 4. The molecule has 7 heteroatoms. The number of tetrazole rings is 1. The van der Waals surface area contributed by atoms with E-state index in [0.717, 1.165) is 10.4 Å². The molecule has 1 N–H and O–H groups in total. The first-order valence-electron chi connectivity index (χ1n) is 6.35. The Morgan fingerprint density at radius 2 is 2.20 bits per heavy atom. The summed E-state index contributed by atoms with van der Waals surface area (Å²) in [5.74, 6) is -0.215. The van der Waals surface area contributed by atoms with Gasteiger partial charge in [0, 0.05) is 0 Å². The molecule has 0 fully saturated rings. The summed E-state index contributed by atoms with van der Waals surface area (Å²) in [4.78, 5) is 12.1. The minimum atomic E-state index is -0.853. The average molecular weight is 294 g/mol. The number of hydrogen-bond donors (Lipinski definition) is 1. The maximum atomic E-state index is 11.1. The van der Waals surface area contributed by atoms with Crippen LogP contribution in [0.1, 0.15) is 38.8 Å². The molecule has 2 rings (SSSR count). The van der Waals surface area contributed by atoms with Crippen molar-refractivity contribution in [3.05, 3.63) is 17.0 Å². The summed E-state index contributed by atoms with van der Waals surface area (Å²) in [5, 5.41) is 23.0. The van der Waals surface area contributed by atoms with Crippen molar-refractivity contribution >= 4 is 17.3 Å². The van der Waals surface area contributed by atoms with Gasteiger partial charge in [-0.15, -0.1) is 16.4 Å². The SMILES string of the molecule is Cc1ccsc1-c1nnnn1C(CC(=O)O)C(C)(C)C. The summed E-state index contributed by atoms with van der Waals surface area (Å²) in [7, 11) is 0. The third-order valence-corrected chi connectivity index (χ3v) is 4.23. The molecular formula is C13H18N4O2S. The predicted octanol–water partition coefficient (Wildman–Crippen LogP) is 2.77. The molecule has 0 bridgehead atoms. The first-order chi connectivity index (χ1) is 9.30. The van der Waals surface area contributed by atoms with Gasteiger partial charge in [-0.05, 0) is 39.8 Å². The number of thiophene rings is 1. The Hall–Kier alpha value is -1.76. The molecule has 0 aliphatic carbocycles. The molecule has 2 heterocycles. The van der Waals surface area contributed by atoms with Crippen molar-refractivity contribution in [2.75, 3.05) is 0 Å². The Labute approximate surface area is 121 Å². The summed E-state index contributed by atoms with van der Waals surface area (Å²) in [6, 6.07) is 1.70. The second kappa shape index (κ2) is 5.32. The number of carboxylic acid groups (broad SMARTS) is 1. The molecule has 1 unspecified atom stereocenters. The fourth-order valence-corrected chi connectivity index (χ4v) is 2.98. The van der Waals surface area contributed by atoms with E-state index >= 15 is 0 Å². The highest BCUT2D eigenvalue weighted by molar-refractivity contribution is 7.13. The van der Waals surface area contributed by atoms with E-state index in [1.54, 1.807) is 16.0 Å². The standard InChI is InChI=1S/C13H18N4O2S/c1-8-5-6-20-11(8)12-14-15-16-17(12)9(7-10(18)19)13(2,3)4/h5-6,9H,7H2,1-4H3,(H,18,19). The fraction of sp³-hybridized carbons (Fsp3) is 0.538. The van der Waals surface area contributed by atoms with Gasteiger partial charge in [0.1, 0.15) is 0 Å². The Morgan fingerprint density at radius 3 is 2.70 bits per heavy atom. The van der Waals surface area contributed by atoms with Crippen LogP contribution < -0.4 is 0 Å². The molecule has 0 saturated carbocycles. The number of aryl methyl sites for hydroxylation is 1. The van der Waals surface area contributed by atoms with E-state index < -0.39 is 5.97 Å². The van der Waals surface area contributed by atoms with Gasteiger partial charge in [0.05, 0.1) is 17.3 Å². The maximum Gasteiger partial charge on any atom is 0.305 e. The van der Waals surface area contributed by atoms with Crippen molar-refractivity contribution in [3.8, 4) is 10.7 Å². The van der Waals surface area contributed by atoms with Crippen LogP contribution in [-0.2, 0) is 4.79 Å². The minimum Gasteiger partial charge on any atom is -0.481 e. The Balaban J connectivity index is 2.48. The predicted molar refractivity (Wildman–Crippen MR) is 76.6 cm³/mol. The average Bonchev–Trinajstić information content (AvgIpc) is 2.92. The highest BCUT2D eigenvalue weighted by Crippen LogP contribution is 2.36. The molecule has 0 aromatic carbocycles. The van der Waals surface area contributed by atoms with Crippen LogP contribution in [0.25, 0.3) is 10.7 Å². The van der Waals surface area contributed by atoms with Crippen LogP contribution in [0.5, 0.6) is 0 Å². The molecule has 0 spiro atoms. The highest BCUT2D eigenvalue weighted by atomic mass is 32.1. The first kappa shape index (κ1) is 14.6. The molecule has 0 aliphatic heterocycles. The lowest BCUT2D eigenvalue weighted by Crippen LogP contribution is -2.28. The van der Waals surface area contributed by atoms with Crippen molar-refractivity contribution in [2.24, 2.45) is 5.41 Å². The van der Waals surface area contributed by atoms with Gasteiger partial charge in [-0.1, -0.05) is 20.8 Å². The summed E-state index contributed by atoms with van der Waals surface area (Å²) >= 11 is 1.56. The molecule has 2 aromatic heterocycles. The summed E-state index contributed by atoms with van der Waals surface area (Å²) in [6.07, 6.45) is -0.00797. The van der Waals surface area contributed by atoms with Gasteiger partial charge in [0.2, 0.25) is 0 Å². The normalized spacial score (nSPS) is 13.4. The van der Waals surface area contributed by atoms with E-state index in [1.807, 2.05) is 39.1 Å². The number of aliphatic carboxylic acids is 1. The van der Waals surface area contributed by atoms with Gasteiger partial charge in [-0.25, -0.2) is 4.68 Å². The van der Waals surface area contributed by atoms with Crippen molar-refractivity contribution in [1.82, 2.24) is 20.2 Å². The zero-order valence-corrected chi connectivity index (χ0v) is 12.8. The molecule has 0 radical (unpaired) electrons. The van der Waals surface area contributed by atoms with Crippen LogP contribution >= 0.6 is 11.3 Å². The smallest absolute Gasteiger partial charge is 0.305 e. The highest BCUT2D eigenvalue weighted by Gasteiger charge is 2.32. The quantitative estimate of drug-likeness (QED) is 0.937. The molecule has 2 aromatic rings. The lowest BCUT2D eigenvalue weighted by molar-refractivity contribution is -0.138. The van der Waals surface area contributed by atoms with Crippen LogP contribution in [0, 0.1) is 12.3 Å². The molecule has 0 saturated heterocycles. The van der Waals surface area contributed by atoms with Crippen molar-refractivity contribution in [1.29, 1.82) is 0 Å². The van der Waals surface area contributed by atoms with Gasteiger partial charge in [0.25, 0.3) is 0 Å². The molecule has 20 heavy (non-hydrogen) atoms. The minimum absolute atomic E-state index is 0.00797. The third-order valence-electron chi connectivity index (χ3n) is 3.22. The van der Waals surface area contributed by atoms with Crippen LogP contribution in [0.3, 0.4) is 0 Å². The van der Waals surface area contributed by atoms with Gasteiger partial charge < -0.3 is 5.11 Å². The molecular weight excluding hydrogens is 276 g/mol. The van der Waals surface area contributed by atoms with Crippen LogP contribution in [0.15, 0.2) is 11.4 Å². The van der Waals surface area contributed by atoms with E-state index in [9.17, 15) is 4.79 Å². The van der Waals surface area contributed by atoms with Crippen molar-refractivity contribution in [3.63, 3.8) is 0 Å². The Kier molecular flexibility index (Phi) is 3.89. The van der Waals surface area contributed by atoms with E-state index in [-0.39, 0.29) is 17.9 Å². The molecule has 108 valence electrons. The topological polar surface area (TPSA) is 80.9 Å². The first-order valence-corrected chi connectivity index (χ1v) is 7.23. The van der Waals surface area contributed by atoms with Gasteiger partial charge in [0.15, 0.2) is 5.82 Å². The van der Waals surface area contributed by atoms with Crippen LogP contribution in [0.4, 0.5) is 0 Å². The van der Waals surface area contributed by atoms with E-state index in [4.69, 9.17) is 5.11 Å². The lowest BCUT2D eigenvalue weighted by atomic mass is 9.85. The van der Waals surface area contributed by atoms with E-state index in [2.05, 4.69) is 15.5 Å². The molecule has 6 nitrogen and oxygen atoms in total. The van der Waals surface area contributed by atoms with Crippen molar-refractivity contribution in [2.45, 2.75) is 40.2 Å². The van der Waals surface area contributed by atoms with Gasteiger partial charge in [-0.3, -0.25) is 4.79 Å². The van der Waals surface area contributed by atoms with Crippen LogP contribution in [0.2, 0.25) is 0 Å². The zero-order valence-electron chi connectivity index (χ0n) is 12.0. The maximum absolute atomic E-state index is 11.1. The van der Waals surface area contributed by atoms with E-state index in [0.29, 0.717) is 5.82 Å². The monoisotopic (exact) mass is 294 g/mol. The van der Waals surface area contributed by atoms with Gasteiger partial charge in [-0.2, -0.15) is 0 Å². The lowest BCUT2D eigenvalue weighted by Gasteiger charge is -2.29. The Morgan fingerprint density at radius 1 is 1.50 bits per heavy atom. The number of aromatic nitrogens is 4. The fourth-order valence-electron chi connectivity index (χ4n) is 2.08. The number of hydrogen-bond acceptors (Lipinski definition) is 5. The molecule has 1 atom stereocenters.